The normalized spacial score (nSPS) is 13.0. The number of fused-ring (bicyclic) bond motifs is 3. The molecule has 0 atom stereocenters. The van der Waals surface area contributed by atoms with E-state index in [0.29, 0.717) is 0 Å². The van der Waals surface area contributed by atoms with Gasteiger partial charge in [0.2, 0.25) is 0 Å². The van der Waals surface area contributed by atoms with E-state index in [1.54, 1.807) is 6.08 Å². The first kappa shape index (κ1) is 22.2. The third-order valence-electron chi connectivity index (χ3n) is 6.35. The van der Waals surface area contributed by atoms with Gasteiger partial charge in [-0.3, -0.25) is 0 Å². The van der Waals surface area contributed by atoms with Crippen LogP contribution in [0.25, 0.3) is 22.7 Å². The molecule has 0 spiro atoms. The molecule has 0 saturated heterocycles. The second-order valence-electron chi connectivity index (χ2n) is 8.59. The van der Waals surface area contributed by atoms with Crippen LogP contribution in [0.5, 0.6) is 0 Å². The van der Waals surface area contributed by atoms with Crippen molar-refractivity contribution in [3.63, 3.8) is 0 Å². The van der Waals surface area contributed by atoms with E-state index in [1.165, 1.54) is 33.4 Å². The van der Waals surface area contributed by atoms with Crippen LogP contribution in [0.15, 0.2) is 151 Å². The summed E-state index contributed by atoms with van der Waals surface area (Å²) in [6.07, 6.45) is 11.1. The lowest BCUT2D eigenvalue weighted by atomic mass is 9.99. The number of nitrogens with zero attached hydrogens (tertiary/aromatic N) is 1. The summed E-state index contributed by atoms with van der Waals surface area (Å²) in [7, 11) is 0. The molecule has 0 aliphatic heterocycles. The minimum Gasteiger partial charge on any atom is -0.362 e. The first-order chi connectivity index (χ1) is 17.2. The third-order valence-corrected chi connectivity index (χ3v) is 6.35. The molecule has 1 heterocycles. The monoisotopic (exact) mass is 452 g/mol. The average Bonchev–Trinajstić information content (AvgIpc) is 3.46. The van der Waals surface area contributed by atoms with Crippen molar-refractivity contribution in [2.24, 2.45) is 0 Å². The Morgan fingerprint density at radius 3 is 2.26 bits per heavy atom. The smallest absolute Gasteiger partial charge is 0.0537 e. The Labute approximate surface area is 207 Å². The van der Waals surface area contributed by atoms with E-state index >= 15 is 0 Å². The molecule has 0 fully saturated rings. The molecule has 0 saturated carbocycles. The zero-order chi connectivity index (χ0) is 24.2. The van der Waals surface area contributed by atoms with Crippen molar-refractivity contribution < 1.29 is 0 Å². The SMILES string of the molecule is C=CC(=C)C(=C)/C=C(\C=C/Nc1ccccc1)C1=Cc2c(n(-c3ccccc3)c3ccccc23)C1. The predicted molar refractivity (Wildman–Crippen MR) is 151 cm³/mol. The summed E-state index contributed by atoms with van der Waals surface area (Å²) in [5, 5.41) is 4.64. The van der Waals surface area contributed by atoms with Crippen LogP contribution in [0.1, 0.15) is 11.3 Å². The second kappa shape index (κ2) is 9.74. The van der Waals surface area contributed by atoms with Gasteiger partial charge in [-0.15, -0.1) is 0 Å². The molecule has 0 radical (unpaired) electrons. The van der Waals surface area contributed by atoms with Gasteiger partial charge in [-0.2, -0.15) is 0 Å². The summed E-state index contributed by atoms with van der Waals surface area (Å²) >= 11 is 0. The second-order valence-corrected chi connectivity index (χ2v) is 8.59. The molecule has 3 aromatic carbocycles. The van der Waals surface area contributed by atoms with Crippen LogP contribution in [0.3, 0.4) is 0 Å². The van der Waals surface area contributed by atoms with Crippen molar-refractivity contribution in [2.45, 2.75) is 6.42 Å². The topological polar surface area (TPSA) is 17.0 Å². The highest BCUT2D eigenvalue weighted by Gasteiger charge is 2.24. The number of benzene rings is 3. The summed E-state index contributed by atoms with van der Waals surface area (Å²) < 4.78 is 2.38. The van der Waals surface area contributed by atoms with Gasteiger partial charge in [0.1, 0.15) is 0 Å². The van der Waals surface area contributed by atoms with E-state index in [4.69, 9.17) is 0 Å². The van der Waals surface area contributed by atoms with E-state index in [-0.39, 0.29) is 0 Å². The predicted octanol–water partition coefficient (Wildman–Crippen LogP) is 8.42. The molecule has 5 rings (SSSR count). The number of nitrogens with one attached hydrogen (secondary N) is 1. The zero-order valence-electron chi connectivity index (χ0n) is 19.7. The largest absolute Gasteiger partial charge is 0.362 e. The Hall–Kier alpha value is -4.56. The summed E-state index contributed by atoms with van der Waals surface area (Å²) in [4.78, 5) is 0. The van der Waals surface area contributed by atoms with Gasteiger partial charge in [-0.1, -0.05) is 80.4 Å². The van der Waals surface area contributed by atoms with Gasteiger partial charge in [-0.25, -0.2) is 0 Å². The lowest BCUT2D eigenvalue weighted by Crippen LogP contribution is -2.01. The van der Waals surface area contributed by atoms with Gasteiger partial charge >= 0.3 is 0 Å². The summed E-state index contributed by atoms with van der Waals surface area (Å²) in [6.45, 7) is 12.2. The van der Waals surface area contributed by atoms with Crippen molar-refractivity contribution in [1.82, 2.24) is 4.57 Å². The van der Waals surface area contributed by atoms with Crippen molar-refractivity contribution in [2.75, 3.05) is 5.32 Å². The summed E-state index contributed by atoms with van der Waals surface area (Å²) in [6, 6.07) is 29.4. The summed E-state index contributed by atoms with van der Waals surface area (Å²) in [5.41, 5.74) is 10.1. The number of rotatable bonds is 8. The Morgan fingerprint density at radius 2 is 1.51 bits per heavy atom. The average molecular weight is 453 g/mol. The molecule has 0 bridgehead atoms. The number of aromatic nitrogens is 1. The van der Waals surface area contributed by atoms with Crippen LogP contribution in [0.2, 0.25) is 0 Å². The van der Waals surface area contributed by atoms with E-state index < -0.39 is 0 Å². The van der Waals surface area contributed by atoms with Crippen LogP contribution in [-0.4, -0.2) is 4.57 Å². The summed E-state index contributed by atoms with van der Waals surface area (Å²) in [5.74, 6) is 0. The molecule has 2 nitrogen and oxygen atoms in total. The molecule has 0 unspecified atom stereocenters. The molecule has 170 valence electrons. The van der Waals surface area contributed by atoms with Crippen LogP contribution in [-0.2, 0) is 6.42 Å². The maximum atomic E-state index is 4.22. The standard InChI is InChI=1S/C33H28N2/c1-4-24(2)25(3)21-26(19-20-34-28-13-7-5-8-14-28)27-22-31-30-17-11-12-18-32(30)35(33(31)23-27)29-15-9-6-10-16-29/h4-22,34H,1-3,23H2/b20-19-,26-21+. The van der Waals surface area contributed by atoms with Gasteiger partial charge in [0.25, 0.3) is 0 Å². The quantitative estimate of drug-likeness (QED) is 0.266. The number of para-hydroxylation sites is 3. The van der Waals surface area contributed by atoms with Gasteiger partial charge in [0.05, 0.1) is 5.52 Å². The Morgan fingerprint density at radius 1 is 0.829 bits per heavy atom. The Kier molecular flexibility index (Phi) is 6.19. The fourth-order valence-corrected chi connectivity index (χ4v) is 4.54. The zero-order valence-corrected chi connectivity index (χ0v) is 19.7. The van der Waals surface area contributed by atoms with E-state index in [0.717, 1.165) is 28.8 Å². The van der Waals surface area contributed by atoms with Crippen LogP contribution < -0.4 is 5.32 Å². The van der Waals surface area contributed by atoms with Crippen LogP contribution >= 0.6 is 0 Å². The van der Waals surface area contributed by atoms with Gasteiger partial charge in [-0.05, 0) is 70.9 Å². The fraction of sp³-hybridized carbons (Fsp3) is 0.0303. The number of hydrogen-bond acceptors (Lipinski definition) is 1. The molecule has 4 aromatic rings. The van der Waals surface area contributed by atoms with Crippen molar-refractivity contribution >= 4 is 22.7 Å². The molecule has 1 aliphatic rings. The number of allylic oxidation sites excluding steroid dienone is 7. The van der Waals surface area contributed by atoms with E-state index in [9.17, 15) is 0 Å². The molecule has 1 aromatic heterocycles. The molecular weight excluding hydrogens is 424 g/mol. The highest BCUT2D eigenvalue weighted by atomic mass is 15.0. The van der Waals surface area contributed by atoms with Crippen molar-refractivity contribution in [3.05, 3.63) is 163 Å². The highest BCUT2D eigenvalue weighted by molar-refractivity contribution is 5.95. The first-order valence-corrected chi connectivity index (χ1v) is 11.7. The number of anilines is 1. The van der Waals surface area contributed by atoms with E-state index in [2.05, 4.69) is 102 Å². The maximum Gasteiger partial charge on any atom is 0.0537 e. The third kappa shape index (κ3) is 4.47. The van der Waals surface area contributed by atoms with Gasteiger partial charge in [0, 0.05) is 40.6 Å². The van der Waals surface area contributed by atoms with Crippen molar-refractivity contribution in [1.29, 1.82) is 0 Å². The maximum absolute atomic E-state index is 4.22. The minimum absolute atomic E-state index is 0.822. The lowest BCUT2D eigenvalue weighted by Gasteiger charge is -2.12. The molecule has 1 aliphatic carbocycles. The van der Waals surface area contributed by atoms with Gasteiger partial charge < -0.3 is 9.88 Å². The Bertz CT molecular complexity index is 1510. The fourth-order valence-electron chi connectivity index (χ4n) is 4.54. The molecule has 35 heavy (non-hydrogen) atoms. The van der Waals surface area contributed by atoms with Crippen molar-refractivity contribution in [3.8, 4) is 5.69 Å². The lowest BCUT2D eigenvalue weighted by molar-refractivity contribution is 0.995. The Balaban J connectivity index is 1.56. The number of hydrogen-bond donors (Lipinski definition) is 1. The van der Waals surface area contributed by atoms with Gasteiger partial charge in [0.15, 0.2) is 0 Å². The van der Waals surface area contributed by atoms with Crippen LogP contribution in [0, 0.1) is 0 Å². The minimum atomic E-state index is 0.822. The molecular formula is C33H28N2. The first-order valence-electron chi connectivity index (χ1n) is 11.7. The molecule has 2 heteroatoms. The molecule has 0 amide bonds. The highest BCUT2D eigenvalue weighted by Crippen LogP contribution is 2.39. The molecule has 1 N–H and O–H groups in total. The van der Waals surface area contributed by atoms with Crippen LogP contribution in [0.4, 0.5) is 5.69 Å². The van der Waals surface area contributed by atoms with E-state index in [1.807, 2.05) is 36.5 Å².